The molecule has 0 radical (unpaired) electrons. The molecule has 10 nitrogen and oxygen atoms in total. The van der Waals surface area contributed by atoms with Crippen molar-refractivity contribution in [2.75, 3.05) is 38.1 Å². The molecule has 12 heteroatoms. The molecule has 1 aromatic carbocycles. The van der Waals surface area contributed by atoms with Crippen molar-refractivity contribution >= 4 is 44.3 Å². The van der Waals surface area contributed by atoms with Gasteiger partial charge >= 0.3 is 6.09 Å². The van der Waals surface area contributed by atoms with Crippen molar-refractivity contribution < 1.29 is 27.5 Å². The number of rotatable bonds is 7. The van der Waals surface area contributed by atoms with E-state index in [4.69, 9.17) is 4.74 Å². The number of benzene rings is 1. The molecule has 0 spiro atoms. The highest BCUT2D eigenvalue weighted by Gasteiger charge is 2.31. The zero-order valence-electron chi connectivity index (χ0n) is 21.9. The lowest BCUT2D eigenvalue weighted by Gasteiger charge is -2.30. The van der Waals surface area contributed by atoms with E-state index < -0.39 is 27.9 Å². The number of carbonyl (C=O) groups excluding carboxylic acids is 3. The third-order valence-electron chi connectivity index (χ3n) is 6.90. The van der Waals surface area contributed by atoms with Gasteiger partial charge in [-0.15, -0.1) is 11.3 Å². The molecule has 0 aliphatic carbocycles. The molecule has 38 heavy (non-hydrogen) atoms. The molecule has 1 unspecified atom stereocenters. The average molecular weight is 563 g/mol. The lowest BCUT2D eigenvalue weighted by atomic mass is 10.0. The van der Waals surface area contributed by atoms with Crippen LogP contribution in [0.15, 0.2) is 29.2 Å². The average Bonchev–Trinajstić information content (AvgIpc) is 3.25. The van der Waals surface area contributed by atoms with Gasteiger partial charge in [0, 0.05) is 36.6 Å². The number of amides is 3. The molecule has 1 fully saturated rings. The highest BCUT2D eigenvalue weighted by atomic mass is 32.2. The van der Waals surface area contributed by atoms with Crippen molar-refractivity contribution in [2.45, 2.75) is 51.5 Å². The number of thiophene rings is 1. The minimum atomic E-state index is -3.64. The zero-order chi connectivity index (χ0) is 27.4. The summed E-state index contributed by atoms with van der Waals surface area (Å²) in [6.07, 6.45) is 1.60. The molecule has 206 valence electrons. The Kier molecular flexibility index (Phi) is 8.86. The van der Waals surface area contributed by atoms with Gasteiger partial charge in [0.2, 0.25) is 10.0 Å². The number of hydrogen-bond acceptors (Lipinski definition) is 8. The fourth-order valence-corrected chi connectivity index (χ4v) is 7.73. The number of likely N-dealkylation sites (N-methyl/N-ethyl adjacent to an activating group) is 1. The number of hydrogen-bond donors (Lipinski definition) is 2. The summed E-state index contributed by atoms with van der Waals surface area (Å²) in [6.45, 7) is 9.11. The normalized spacial score (nSPS) is 18.4. The predicted molar refractivity (Wildman–Crippen MR) is 145 cm³/mol. The number of sulfonamides is 1. The topological polar surface area (TPSA) is 125 Å². The van der Waals surface area contributed by atoms with Gasteiger partial charge in [-0.05, 0) is 68.5 Å². The van der Waals surface area contributed by atoms with E-state index in [1.807, 2.05) is 6.92 Å². The first-order valence-electron chi connectivity index (χ1n) is 12.9. The minimum absolute atomic E-state index is 0.123. The van der Waals surface area contributed by atoms with Gasteiger partial charge < -0.3 is 10.1 Å². The van der Waals surface area contributed by atoms with Gasteiger partial charge in [0.15, 0.2) is 0 Å². The fraction of sp³-hybridized carbons (Fsp3) is 0.500. The summed E-state index contributed by atoms with van der Waals surface area (Å²) in [6, 6.07) is 5.83. The Labute approximate surface area is 227 Å². The Balaban J connectivity index is 1.56. The lowest BCUT2D eigenvalue weighted by Crippen LogP contribution is -2.39. The van der Waals surface area contributed by atoms with E-state index >= 15 is 0 Å². The second-order valence-corrected chi connectivity index (χ2v) is 12.6. The molecule has 3 amide bonds. The van der Waals surface area contributed by atoms with Gasteiger partial charge in [0.05, 0.1) is 17.1 Å². The smallest absolute Gasteiger partial charge is 0.414 e. The van der Waals surface area contributed by atoms with E-state index in [0.29, 0.717) is 37.0 Å². The van der Waals surface area contributed by atoms with E-state index in [9.17, 15) is 22.8 Å². The van der Waals surface area contributed by atoms with Crippen LogP contribution in [-0.2, 0) is 27.7 Å². The van der Waals surface area contributed by atoms with E-state index in [1.54, 1.807) is 6.92 Å². The highest BCUT2D eigenvalue weighted by Crippen LogP contribution is 2.37. The number of imide groups is 1. The number of alkyl carbamates (subject to hydrolysis) is 1. The third kappa shape index (κ3) is 6.09. The van der Waals surface area contributed by atoms with Crippen LogP contribution >= 0.6 is 11.3 Å². The van der Waals surface area contributed by atoms with Crippen molar-refractivity contribution in [3.63, 3.8) is 0 Å². The van der Waals surface area contributed by atoms with Crippen molar-refractivity contribution in [1.29, 1.82) is 0 Å². The van der Waals surface area contributed by atoms with Crippen molar-refractivity contribution in [3.8, 4) is 0 Å². The van der Waals surface area contributed by atoms with E-state index in [2.05, 4.69) is 22.5 Å². The molecule has 1 saturated heterocycles. The molecule has 2 aliphatic heterocycles. The van der Waals surface area contributed by atoms with Crippen molar-refractivity contribution in [3.05, 3.63) is 45.8 Å². The molecular formula is C26H34N4O6S2. The first-order valence-corrected chi connectivity index (χ1v) is 15.2. The third-order valence-corrected chi connectivity index (χ3v) is 9.91. The van der Waals surface area contributed by atoms with E-state index in [1.165, 1.54) is 39.9 Å². The standard InChI is InChI=1S/C26H34N4O6S2/c1-4-29-14-12-20-21(16-29)37-25(22(20)24(32)28-26(33)36-5-2)27-23(31)18-8-10-19(11-9-18)38(34,35)30-13-6-7-17(3)15-30/h8-11,17H,4-7,12-16H2,1-3H3,(H,27,31)(H,28,32,33). The highest BCUT2D eigenvalue weighted by molar-refractivity contribution is 7.89. The van der Waals surface area contributed by atoms with Crippen LogP contribution in [0.25, 0.3) is 0 Å². The monoisotopic (exact) mass is 562 g/mol. The molecule has 1 aromatic heterocycles. The maximum absolute atomic E-state index is 13.2. The molecule has 2 aromatic rings. The zero-order valence-corrected chi connectivity index (χ0v) is 23.5. The Morgan fingerprint density at radius 3 is 2.50 bits per heavy atom. The van der Waals surface area contributed by atoms with E-state index in [0.717, 1.165) is 36.4 Å². The summed E-state index contributed by atoms with van der Waals surface area (Å²) < 4.78 is 32.5. The van der Waals surface area contributed by atoms with Crippen LogP contribution in [0.1, 0.15) is 64.8 Å². The lowest BCUT2D eigenvalue weighted by molar-refractivity contribution is 0.0924. The summed E-state index contributed by atoms with van der Waals surface area (Å²) in [5, 5.41) is 5.41. The number of fused-ring (bicyclic) bond motifs is 1. The van der Waals surface area contributed by atoms with Crippen LogP contribution in [-0.4, -0.2) is 68.3 Å². The van der Waals surface area contributed by atoms with Crippen LogP contribution in [0.2, 0.25) is 0 Å². The maximum Gasteiger partial charge on any atom is 0.414 e. The van der Waals surface area contributed by atoms with Gasteiger partial charge in [-0.3, -0.25) is 19.8 Å². The number of piperidine rings is 1. The van der Waals surface area contributed by atoms with Crippen LogP contribution in [0.4, 0.5) is 9.80 Å². The number of ether oxygens (including phenoxy) is 1. The van der Waals surface area contributed by atoms with Crippen LogP contribution in [0.3, 0.4) is 0 Å². The summed E-state index contributed by atoms with van der Waals surface area (Å²) in [5.74, 6) is -0.796. The molecule has 0 saturated carbocycles. The van der Waals surface area contributed by atoms with E-state index in [-0.39, 0.29) is 22.6 Å². The summed E-state index contributed by atoms with van der Waals surface area (Å²) >= 11 is 1.31. The Bertz CT molecular complexity index is 1310. The molecular weight excluding hydrogens is 528 g/mol. The van der Waals surface area contributed by atoms with Gasteiger partial charge in [-0.1, -0.05) is 13.8 Å². The second-order valence-electron chi connectivity index (χ2n) is 9.59. The van der Waals surface area contributed by atoms with Crippen LogP contribution in [0, 0.1) is 5.92 Å². The Morgan fingerprint density at radius 1 is 1.11 bits per heavy atom. The van der Waals surface area contributed by atoms with Gasteiger partial charge in [-0.25, -0.2) is 13.2 Å². The van der Waals surface area contributed by atoms with Crippen LogP contribution < -0.4 is 10.6 Å². The first kappa shape index (κ1) is 28.2. The number of nitrogens with zero attached hydrogens (tertiary/aromatic N) is 2. The van der Waals surface area contributed by atoms with Crippen LogP contribution in [0.5, 0.6) is 0 Å². The molecule has 4 rings (SSSR count). The summed E-state index contributed by atoms with van der Waals surface area (Å²) in [5.41, 5.74) is 1.34. The Hall–Kier alpha value is -2.80. The van der Waals surface area contributed by atoms with Gasteiger partial charge in [0.1, 0.15) is 5.00 Å². The Morgan fingerprint density at radius 2 is 1.84 bits per heavy atom. The maximum atomic E-state index is 13.2. The van der Waals surface area contributed by atoms with Crippen molar-refractivity contribution in [1.82, 2.24) is 14.5 Å². The molecule has 2 N–H and O–H groups in total. The summed E-state index contributed by atoms with van der Waals surface area (Å²) in [7, 11) is -3.64. The molecule has 0 bridgehead atoms. The number of nitrogens with one attached hydrogen (secondary N) is 2. The fourth-order valence-electron chi connectivity index (χ4n) is 4.84. The quantitative estimate of drug-likeness (QED) is 0.527. The van der Waals surface area contributed by atoms with Gasteiger partial charge in [-0.2, -0.15) is 4.31 Å². The molecule has 1 atom stereocenters. The molecule has 3 heterocycles. The number of carbonyl (C=O) groups is 3. The largest absolute Gasteiger partial charge is 0.450 e. The number of anilines is 1. The second kappa shape index (κ2) is 11.9. The predicted octanol–water partition coefficient (Wildman–Crippen LogP) is 3.69. The minimum Gasteiger partial charge on any atom is -0.450 e. The van der Waals surface area contributed by atoms with Crippen molar-refractivity contribution in [2.24, 2.45) is 5.92 Å². The van der Waals surface area contributed by atoms with Gasteiger partial charge in [0.25, 0.3) is 11.8 Å². The summed E-state index contributed by atoms with van der Waals surface area (Å²) in [4.78, 5) is 41.4. The SMILES string of the molecule is CCOC(=O)NC(=O)c1c(NC(=O)c2ccc(S(=O)(=O)N3CCCC(C)C3)cc2)sc2c1CCN(CC)C2. The first-order chi connectivity index (χ1) is 18.1. The molecule has 2 aliphatic rings.